The molecule has 22 heavy (non-hydrogen) atoms. The molecule has 0 saturated carbocycles. The predicted octanol–water partition coefficient (Wildman–Crippen LogP) is 1.66. The second kappa shape index (κ2) is 5.66. The lowest BCUT2D eigenvalue weighted by Gasteiger charge is -2.19. The first-order valence-electron chi connectivity index (χ1n) is 6.79. The van der Waals surface area contributed by atoms with E-state index in [0.717, 1.165) is 0 Å². The minimum Gasteiger partial charge on any atom is -0.366 e. The lowest BCUT2D eigenvalue weighted by atomic mass is 9.98. The summed E-state index contributed by atoms with van der Waals surface area (Å²) in [6.07, 6.45) is 0. The van der Waals surface area contributed by atoms with Gasteiger partial charge in [-0.3, -0.25) is 4.79 Å². The van der Waals surface area contributed by atoms with Gasteiger partial charge in [0.15, 0.2) is 5.03 Å². The van der Waals surface area contributed by atoms with Crippen LogP contribution in [0.15, 0.2) is 35.4 Å². The first-order valence-corrected chi connectivity index (χ1v) is 8.28. The fourth-order valence-electron chi connectivity index (χ4n) is 1.86. The number of rotatable bonds is 4. The molecule has 0 saturated heterocycles. The summed E-state index contributed by atoms with van der Waals surface area (Å²) in [5.41, 5.74) is 5.45. The number of pyridine rings is 1. The summed E-state index contributed by atoms with van der Waals surface area (Å²) in [5, 5.41) is 0.328. The van der Waals surface area contributed by atoms with Crippen LogP contribution in [0.25, 0.3) is 10.9 Å². The van der Waals surface area contributed by atoms with Gasteiger partial charge in [-0.25, -0.2) is 18.1 Å². The van der Waals surface area contributed by atoms with Crippen molar-refractivity contribution in [3.05, 3.63) is 35.9 Å². The van der Waals surface area contributed by atoms with Crippen LogP contribution in [0.4, 0.5) is 0 Å². The Balaban J connectivity index is 2.57. The van der Waals surface area contributed by atoms with Gasteiger partial charge in [0.1, 0.15) is 0 Å². The number of fused-ring (bicyclic) bond motifs is 1. The van der Waals surface area contributed by atoms with E-state index in [1.54, 1.807) is 24.3 Å². The summed E-state index contributed by atoms with van der Waals surface area (Å²) >= 11 is 0. The van der Waals surface area contributed by atoms with Crippen LogP contribution in [-0.4, -0.2) is 25.9 Å². The van der Waals surface area contributed by atoms with Crippen molar-refractivity contribution < 1.29 is 13.2 Å². The summed E-state index contributed by atoms with van der Waals surface area (Å²) in [7, 11) is -3.92. The molecule has 1 aromatic heterocycles. The number of hydrogen-bond acceptors (Lipinski definition) is 4. The maximum absolute atomic E-state index is 12.5. The summed E-state index contributed by atoms with van der Waals surface area (Å²) in [6, 6.07) is 8.41. The molecule has 0 spiro atoms. The van der Waals surface area contributed by atoms with Crippen molar-refractivity contribution >= 4 is 26.8 Å². The molecule has 1 heterocycles. The number of carbonyl (C=O) groups excluding carboxylic acids is 1. The predicted molar refractivity (Wildman–Crippen MR) is 84.9 cm³/mol. The van der Waals surface area contributed by atoms with E-state index in [-0.39, 0.29) is 22.5 Å². The average molecular weight is 321 g/mol. The number of hydrogen-bond donors (Lipinski definition) is 2. The molecule has 0 radical (unpaired) electrons. The second-order valence-electron chi connectivity index (χ2n) is 6.28. The molecule has 0 aliphatic carbocycles. The maximum atomic E-state index is 12.5. The van der Waals surface area contributed by atoms with Crippen LogP contribution in [0, 0.1) is 5.41 Å². The van der Waals surface area contributed by atoms with E-state index in [0.29, 0.717) is 10.9 Å². The number of aromatic nitrogens is 1. The Morgan fingerprint density at radius 1 is 1.27 bits per heavy atom. The number of amides is 1. The molecule has 0 fully saturated rings. The molecule has 3 N–H and O–H groups in total. The van der Waals surface area contributed by atoms with Gasteiger partial charge < -0.3 is 5.73 Å². The molecule has 1 aromatic carbocycles. The highest BCUT2D eigenvalue weighted by Gasteiger charge is 2.25. The largest absolute Gasteiger partial charge is 0.366 e. The minimum absolute atomic E-state index is 0.111. The summed E-state index contributed by atoms with van der Waals surface area (Å²) < 4.78 is 27.4. The quantitative estimate of drug-likeness (QED) is 0.894. The van der Waals surface area contributed by atoms with Gasteiger partial charge in [-0.2, -0.15) is 0 Å². The van der Waals surface area contributed by atoms with Crippen LogP contribution in [0.2, 0.25) is 0 Å². The minimum atomic E-state index is -3.92. The number of benzene rings is 1. The molecular weight excluding hydrogens is 302 g/mol. The molecule has 6 nitrogen and oxygen atoms in total. The first-order chi connectivity index (χ1) is 10.1. The van der Waals surface area contributed by atoms with Crippen LogP contribution in [-0.2, 0) is 10.0 Å². The molecule has 1 amide bonds. The molecule has 0 unspecified atom stereocenters. The zero-order valence-electron chi connectivity index (χ0n) is 12.8. The number of primary amides is 1. The molecular formula is C15H19N3O3S. The SMILES string of the molecule is CC(C)(C)CNS(=O)(=O)c1nc2ccccc2cc1C(N)=O. The molecule has 2 aromatic rings. The Kier molecular flexibility index (Phi) is 4.21. The van der Waals surface area contributed by atoms with E-state index in [4.69, 9.17) is 5.73 Å². The van der Waals surface area contributed by atoms with E-state index in [1.165, 1.54) is 6.07 Å². The smallest absolute Gasteiger partial charge is 0.258 e. The van der Waals surface area contributed by atoms with E-state index in [1.807, 2.05) is 20.8 Å². The van der Waals surface area contributed by atoms with Crippen molar-refractivity contribution in [1.29, 1.82) is 0 Å². The van der Waals surface area contributed by atoms with Crippen molar-refractivity contribution in [2.75, 3.05) is 6.54 Å². The van der Waals surface area contributed by atoms with E-state index in [9.17, 15) is 13.2 Å². The van der Waals surface area contributed by atoms with Gasteiger partial charge >= 0.3 is 0 Å². The zero-order chi connectivity index (χ0) is 16.5. The standard InChI is InChI=1S/C15H19N3O3S/c1-15(2,3)9-17-22(20,21)14-11(13(16)19)8-10-6-4-5-7-12(10)18-14/h4-8,17H,9H2,1-3H3,(H2,16,19). The summed E-state index contributed by atoms with van der Waals surface area (Å²) in [4.78, 5) is 15.7. The molecule has 118 valence electrons. The van der Waals surface area contributed by atoms with Crippen LogP contribution >= 0.6 is 0 Å². The van der Waals surface area contributed by atoms with Crippen molar-refractivity contribution in [2.45, 2.75) is 25.8 Å². The average Bonchev–Trinajstić information content (AvgIpc) is 2.43. The van der Waals surface area contributed by atoms with E-state index in [2.05, 4.69) is 9.71 Å². The number of sulfonamides is 1. The van der Waals surface area contributed by atoms with Crippen molar-refractivity contribution in [3.8, 4) is 0 Å². The monoisotopic (exact) mass is 321 g/mol. The Hall–Kier alpha value is -1.99. The summed E-state index contributed by atoms with van der Waals surface area (Å²) in [5.74, 6) is -0.825. The number of nitrogens with one attached hydrogen (secondary N) is 1. The highest BCUT2D eigenvalue weighted by molar-refractivity contribution is 7.89. The Morgan fingerprint density at radius 3 is 2.50 bits per heavy atom. The molecule has 0 bridgehead atoms. The molecule has 0 atom stereocenters. The lowest BCUT2D eigenvalue weighted by Crippen LogP contribution is -2.34. The first kappa shape index (κ1) is 16.4. The number of nitrogens with zero attached hydrogens (tertiary/aromatic N) is 1. The normalized spacial score (nSPS) is 12.5. The van der Waals surface area contributed by atoms with Gasteiger partial charge in [-0.1, -0.05) is 39.0 Å². The van der Waals surface area contributed by atoms with Crippen LogP contribution in [0.1, 0.15) is 31.1 Å². The highest BCUT2D eigenvalue weighted by atomic mass is 32.2. The molecule has 0 aliphatic heterocycles. The molecule has 2 rings (SSSR count). The molecule has 0 aliphatic rings. The highest BCUT2D eigenvalue weighted by Crippen LogP contribution is 2.21. The van der Waals surface area contributed by atoms with Gasteiger partial charge in [0.05, 0.1) is 11.1 Å². The van der Waals surface area contributed by atoms with Crippen molar-refractivity contribution in [3.63, 3.8) is 0 Å². The van der Waals surface area contributed by atoms with E-state index < -0.39 is 15.9 Å². The van der Waals surface area contributed by atoms with Gasteiger partial charge in [0.2, 0.25) is 0 Å². The lowest BCUT2D eigenvalue weighted by molar-refractivity contribution is 0.0996. The summed E-state index contributed by atoms with van der Waals surface area (Å²) in [6.45, 7) is 5.93. The fraction of sp³-hybridized carbons (Fsp3) is 0.333. The third kappa shape index (κ3) is 3.61. The third-order valence-electron chi connectivity index (χ3n) is 3.00. The van der Waals surface area contributed by atoms with Crippen LogP contribution in [0.3, 0.4) is 0 Å². The third-order valence-corrected chi connectivity index (χ3v) is 4.35. The van der Waals surface area contributed by atoms with Gasteiger partial charge in [0, 0.05) is 11.9 Å². The fourth-order valence-corrected chi connectivity index (χ4v) is 3.29. The Morgan fingerprint density at radius 2 is 1.91 bits per heavy atom. The maximum Gasteiger partial charge on any atom is 0.258 e. The van der Waals surface area contributed by atoms with Crippen molar-refractivity contribution in [2.24, 2.45) is 11.1 Å². The van der Waals surface area contributed by atoms with Crippen molar-refractivity contribution in [1.82, 2.24) is 9.71 Å². The number of para-hydroxylation sites is 1. The molecule has 7 heteroatoms. The van der Waals surface area contributed by atoms with Crippen LogP contribution < -0.4 is 10.5 Å². The Bertz CT molecular complexity index is 824. The van der Waals surface area contributed by atoms with Gasteiger partial charge in [-0.05, 0) is 17.5 Å². The van der Waals surface area contributed by atoms with Gasteiger partial charge in [-0.15, -0.1) is 0 Å². The topological polar surface area (TPSA) is 102 Å². The van der Waals surface area contributed by atoms with Gasteiger partial charge in [0.25, 0.3) is 15.9 Å². The zero-order valence-corrected chi connectivity index (χ0v) is 13.6. The number of nitrogens with two attached hydrogens (primary N) is 1. The van der Waals surface area contributed by atoms with Crippen LogP contribution in [0.5, 0.6) is 0 Å². The number of carbonyl (C=O) groups is 1. The Labute approximate surface area is 129 Å². The van der Waals surface area contributed by atoms with E-state index >= 15 is 0 Å². The second-order valence-corrected chi connectivity index (χ2v) is 7.97.